The highest BCUT2D eigenvalue weighted by atomic mass is 16.5. The normalized spacial score (nSPS) is 17.9. The van der Waals surface area contributed by atoms with E-state index in [0.717, 1.165) is 5.75 Å². The summed E-state index contributed by atoms with van der Waals surface area (Å²) in [6.45, 7) is 5.13. The Morgan fingerprint density at radius 2 is 1.95 bits per heavy atom. The molecule has 1 saturated carbocycles. The lowest BCUT2D eigenvalue weighted by Crippen LogP contribution is -2.38. The van der Waals surface area contributed by atoms with Crippen LogP contribution in [-0.4, -0.2) is 30.4 Å². The molecule has 0 bridgehead atoms. The standard InChI is InChI=1S/C17H27NO2/c1-13-8-9-17(10-14(13)2)20-12-16(19)11-18-15-6-4-3-5-7-15/h8-10,15-16,18-19H,3-7,11-12H2,1-2H3/t16-/m0/s1. The Morgan fingerprint density at radius 3 is 2.65 bits per heavy atom. The van der Waals surface area contributed by atoms with Crippen molar-refractivity contribution in [2.24, 2.45) is 0 Å². The predicted octanol–water partition coefficient (Wildman–Crippen LogP) is 2.97. The van der Waals surface area contributed by atoms with Crippen LogP contribution in [0.4, 0.5) is 0 Å². The molecule has 1 aromatic rings. The van der Waals surface area contributed by atoms with E-state index in [2.05, 4.69) is 25.2 Å². The minimum absolute atomic E-state index is 0.349. The first kappa shape index (κ1) is 15.3. The molecule has 0 aromatic heterocycles. The summed E-state index contributed by atoms with van der Waals surface area (Å²) in [5, 5.41) is 13.4. The summed E-state index contributed by atoms with van der Waals surface area (Å²) in [5.74, 6) is 0.838. The van der Waals surface area contributed by atoms with E-state index in [1.165, 1.54) is 43.2 Å². The van der Waals surface area contributed by atoms with E-state index in [1.54, 1.807) is 0 Å². The van der Waals surface area contributed by atoms with Crippen molar-refractivity contribution in [3.8, 4) is 5.75 Å². The number of hydrogen-bond acceptors (Lipinski definition) is 3. The van der Waals surface area contributed by atoms with Gasteiger partial charge in [0.15, 0.2) is 0 Å². The van der Waals surface area contributed by atoms with Crippen molar-refractivity contribution >= 4 is 0 Å². The van der Waals surface area contributed by atoms with Crippen molar-refractivity contribution in [2.45, 2.75) is 58.1 Å². The summed E-state index contributed by atoms with van der Waals surface area (Å²) in [6.07, 6.45) is 6.02. The molecule has 2 N–H and O–H groups in total. The second kappa shape index (κ2) is 7.65. The lowest BCUT2D eigenvalue weighted by atomic mass is 9.95. The van der Waals surface area contributed by atoms with E-state index in [1.807, 2.05) is 12.1 Å². The van der Waals surface area contributed by atoms with E-state index < -0.39 is 6.10 Å². The van der Waals surface area contributed by atoms with Crippen LogP contribution >= 0.6 is 0 Å². The van der Waals surface area contributed by atoms with E-state index >= 15 is 0 Å². The van der Waals surface area contributed by atoms with Gasteiger partial charge >= 0.3 is 0 Å². The molecule has 0 aliphatic heterocycles. The predicted molar refractivity (Wildman–Crippen MR) is 82.3 cm³/mol. The number of hydrogen-bond donors (Lipinski definition) is 2. The van der Waals surface area contributed by atoms with Gasteiger partial charge in [0.25, 0.3) is 0 Å². The number of benzene rings is 1. The fourth-order valence-corrected chi connectivity index (χ4v) is 2.66. The van der Waals surface area contributed by atoms with Crippen LogP contribution in [-0.2, 0) is 0 Å². The highest BCUT2D eigenvalue weighted by Crippen LogP contribution is 2.18. The largest absolute Gasteiger partial charge is 0.491 e. The maximum atomic E-state index is 9.98. The van der Waals surface area contributed by atoms with Gasteiger partial charge in [-0.3, -0.25) is 0 Å². The number of rotatable bonds is 6. The summed E-state index contributed by atoms with van der Waals surface area (Å²) in [6, 6.07) is 6.62. The van der Waals surface area contributed by atoms with Crippen LogP contribution in [0.15, 0.2) is 18.2 Å². The molecule has 3 heteroatoms. The maximum Gasteiger partial charge on any atom is 0.119 e. The number of aryl methyl sites for hydroxylation is 2. The Kier molecular flexibility index (Phi) is 5.86. The van der Waals surface area contributed by atoms with Crippen LogP contribution in [0.3, 0.4) is 0 Å². The second-order valence-corrected chi connectivity index (χ2v) is 5.95. The Labute approximate surface area is 122 Å². The topological polar surface area (TPSA) is 41.5 Å². The van der Waals surface area contributed by atoms with Gasteiger partial charge < -0.3 is 15.2 Å². The zero-order valence-corrected chi connectivity index (χ0v) is 12.7. The first-order valence-corrected chi connectivity index (χ1v) is 7.76. The van der Waals surface area contributed by atoms with Crippen LogP contribution in [0.2, 0.25) is 0 Å². The van der Waals surface area contributed by atoms with Crippen LogP contribution in [0, 0.1) is 13.8 Å². The Hall–Kier alpha value is -1.06. The Bertz CT molecular complexity index is 413. The van der Waals surface area contributed by atoms with Crippen LogP contribution in [0.5, 0.6) is 5.75 Å². The van der Waals surface area contributed by atoms with Gasteiger partial charge in [-0.1, -0.05) is 25.3 Å². The van der Waals surface area contributed by atoms with Crippen molar-refractivity contribution in [3.05, 3.63) is 29.3 Å². The first-order chi connectivity index (χ1) is 9.65. The lowest BCUT2D eigenvalue weighted by Gasteiger charge is -2.24. The molecule has 112 valence electrons. The molecule has 0 saturated heterocycles. The molecular weight excluding hydrogens is 250 g/mol. The fraction of sp³-hybridized carbons (Fsp3) is 0.647. The second-order valence-electron chi connectivity index (χ2n) is 5.95. The maximum absolute atomic E-state index is 9.98. The number of aliphatic hydroxyl groups is 1. The quantitative estimate of drug-likeness (QED) is 0.840. The van der Waals surface area contributed by atoms with Gasteiger partial charge in [-0.15, -0.1) is 0 Å². The van der Waals surface area contributed by atoms with Crippen molar-refractivity contribution in [1.82, 2.24) is 5.32 Å². The molecule has 2 rings (SSSR count). The summed E-state index contributed by atoms with van der Waals surface area (Å²) >= 11 is 0. The Balaban J connectivity index is 1.68. The third-order valence-corrected chi connectivity index (χ3v) is 4.17. The van der Waals surface area contributed by atoms with Gasteiger partial charge in [-0.25, -0.2) is 0 Å². The van der Waals surface area contributed by atoms with E-state index in [9.17, 15) is 5.11 Å². The van der Waals surface area contributed by atoms with Gasteiger partial charge in [0.05, 0.1) is 0 Å². The zero-order chi connectivity index (χ0) is 14.4. The van der Waals surface area contributed by atoms with Gasteiger partial charge in [0.2, 0.25) is 0 Å². The van der Waals surface area contributed by atoms with E-state index in [4.69, 9.17) is 4.74 Å². The zero-order valence-electron chi connectivity index (χ0n) is 12.7. The van der Waals surface area contributed by atoms with Gasteiger partial charge in [0.1, 0.15) is 18.5 Å². The van der Waals surface area contributed by atoms with Crippen molar-refractivity contribution in [3.63, 3.8) is 0 Å². The van der Waals surface area contributed by atoms with Crippen molar-refractivity contribution in [1.29, 1.82) is 0 Å². The van der Waals surface area contributed by atoms with E-state index in [-0.39, 0.29) is 0 Å². The third-order valence-electron chi connectivity index (χ3n) is 4.17. The molecule has 1 aromatic carbocycles. The van der Waals surface area contributed by atoms with Gasteiger partial charge in [0, 0.05) is 12.6 Å². The molecule has 3 nitrogen and oxygen atoms in total. The van der Waals surface area contributed by atoms with Crippen LogP contribution < -0.4 is 10.1 Å². The molecule has 1 atom stereocenters. The fourth-order valence-electron chi connectivity index (χ4n) is 2.66. The minimum Gasteiger partial charge on any atom is -0.491 e. The molecule has 0 heterocycles. The molecule has 0 spiro atoms. The Morgan fingerprint density at radius 1 is 1.20 bits per heavy atom. The minimum atomic E-state index is -0.446. The molecule has 0 amide bonds. The van der Waals surface area contributed by atoms with Crippen LogP contribution in [0.25, 0.3) is 0 Å². The summed E-state index contributed by atoms with van der Waals surface area (Å²) in [4.78, 5) is 0. The summed E-state index contributed by atoms with van der Waals surface area (Å²) < 4.78 is 5.65. The third kappa shape index (κ3) is 4.80. The summed E-state index contributed by atoms with van der Waals surface area (Å²) in [7, 11) is 0. The monoisotopic (exact) mass is 277 g/mol. The molecular formula is C17H27NO2. The smallest absolute Gasteiger partial charge is 0.119 e. The van der Waals surface area contributed by atoms with Crippen molar-refractivity contribution in [2.75, 3.05) is 13.2 Å². The average Bonchev–Trinajstić information content (AvgIpc) is 2.47. The average molecular weight is 277 g/mol. The van der Waals surface area contributed by atoms with Crippen LogP contribution in [0.1, 0.15) is 43.2 Å². The lowest BCUT2D eigenvalue weighted by molar-refractivity contribution is 0.102. The molecule has 1 aliphatic carbocycles. The molecule has 0 unspecified atom stereocenters. The van der Waals surface area contributed by atoms with Gasteiger partial charge in [-0.2, -0.15) is 0 Å². The highest BCUT2D eigenvalue weighted by molar-refractivity contribution is 5.33. The number of aliphatic hydroxyl groups excluding tert-OH is 1. The molecule has 1 aliphatic rings. The summed E-state index contributed by atoms with van der Waals surface area (Å²) in [5.41, 5.74) is 2.48. The first-order valence-electron chi connectivity index (χ1n) is 7.76. The SMILES string of the molecule is Cc1ccc(OC[C@@H](O)CNC2CCCCC2)cc1C. The molecule has 20 heavy (non-hydrogen) atoms. The van der Waals surface area contributed by atoms with Gasteiger partial charge in [-0.05, 0) is 49.9 Å². The van der Waals surface area contributed by atoms with Crippen molar-refractivity contribution < 1.29 is 9.84 Å². The molecule has 0 radical (unpaired) electrons. The van der Waals surface area contributed by atoms with E-state index in [0.29, 0.717) is 19.2 Å². The number of nitrogens with one attached hydrogen (secondary N) is 1. The molecule has 1 fully saturated rings. The highest BCUT2D eigenvalue weighted by Gasteiger charge is 2.14. The number of ether oxygens (including phenoxy) is 1.